The van der Waals surface area contributed by atoms with Crippen molar-refractivity contribution < 1.29 is 4.79 Å². The number of halogens is 1. The molecule has 3 aromatic rings. The maximum Gasteiger partial charge on any atom is 0.229 e. The number of anilines is 5. The van der Waals surface area contributed by atoms with Crippen LogP contribution >= 0.6 is 11.6 Å². The molecule has 0 spiro atoms. The summed E-state index contributed by atoms with van der Waals surface area (Å²) < 4.78 is 0. The minimum atomic E-state index is -0.119. The van der Waals surface area contributed by atoms with Crippen LogP contribution in [-0.2, 0) is 4.79 Å². The normalized spacial score (nSPS) is 10.3. The summed E-state index contributed by atoms with van der Waals surface area (Å²) in [5, 5.41) is 9.70. The fourth-order valence-electron chi connectivity index (χ4n) is 2.40. The number of nitrogens with one attached hydrogen (secondary N) is 3. The molecular formula is C19H18ClN5O. The summed E-state index contributed by atoms with van der Waals surface area (Å²) in [7, 11) is 0. The number of amides is 1. The Labute approximate surface area is 156 Å². The number of benzene rings is 2. The van der Waals surface area contributed by atoms with Gasteiger partial charge in [-0.2, -0.15) is 4.98 Å². The summed E-state index contributed by atoms with van der Waals surface area (Å²) in [6.07, 6.45) is 0. The molecule has 7 heteroatoms. The maximum absolute atomic E-state index is 11.2. The van der Waals surface area contributed by atoms with Gasteiger partial charge in [-0.1, -0.05) is 29.8 Å². The lowest BCUT2D eigenvalue weighted by atomic mass is 10.2. The molecule has 2 aromatic carbocycles. The molecule has 132 valence electrons. The Morgan fingerprint density at radius 2 is 1.73 bits per heavy atom. The smallest absolute Gasteiger partial charge is 0.229 e. The standard InChI is InChI=1S/C19H18ClN5O/c1-12-10-18(23-15-7-5-6-14(11-15)22-13(2)26)25-19(21-12)24-17-9-4-3-8-16(17)20/h3-11H,1-2H3,(H,22,26)(H2,21,23,24,25). The lowest BCUT2D eigenvalue weighted by Gasteiger charge is -2.11. The summed E-state index contributed by atoms with van der Waals surface area (Å²) in [4.78, 5) is 20.1. The molecule has 3 rings (SSSR count). The first kappa shape index (κ1) is 17.7. The molecule has 0 saturated heterocycles. The van der Waals surface area contributed by atoms with Gasteiger partial charge in [-0.15, -0.1) is 0 Å². The summed E-state index contributed by atoms with van der Waals surface area (Å²) >= 11 is 6.17. The van der Waals surface area contributed by atoms with E-state index in [0.29, 0.717) is 22.5 Å². The Balaban J connectivity index is 1.82. The first-order valence-electron chi connectivity index (χ1n) is 8.01. The zero-order chi connectivity index (χ0) is 18.5. The van der Waals surface area contributed by atoms with Gasteiger partial charge in [-0.25, -0.2) is 4.98 Å². The molecule has 26 heavy (non-hydrogen) atoms. The summed E-state index contributed by atoms with van der Waals surface area (Å²) in [6, 6.07) is 16.6. The molecule has 3 N–H and O–H groups in total. The predicted octanol–water partition coefficient (Wildman–Crippen LogP) is 4.88. The van der Waals surface area contributed by atoms with Crippen molar-refractivity contribution in [2.75, 3.05) is 16.0 Å². The second kappa shape index (κ2) is 7.84. The second-order valence-electron chi connectivity index (χ2n) is 5.71. The molecule has 1 amide bonds. The monoisotopic (exact) mass is 367 g/mol. The first-order chi connectivity index (χ1) is 12.5. The van der Waals surface area contributed by atoms with Gasteiger partial charge in [0, 0.05) is 30.1 Å². The predicted molar refractivity (Wildman–Crippen MR) is 106 cm³/mol. The molecule has 0 saturated carbocycles. The van der Waals surface area contributed by atoms with Crippen molar-refractivity contribution in [1.82, 2.24) is 9.97 Å². The molecule has 0 aliphatic heterocycles. The lowest BCUT2D eigenvalue weighted by molar-refractivity contribution is -0.114. The van der Waals surface area contributed by atoms with E-state index in [1.54, 1.807) is 6.07 Å². The van der Waals surface area contributed by atoms with Crippen LogP contribution in [0.1, 0.15) is 12.6 Å². The molecule has 1 aromatic heterocycles. The Hall–Kier alpha value is -3.12. The van der Waals surface area contributed by atoms with Crippen molar-refractivity contribution in [3.8, 4) is 0 Å². The van der Waals surface area contributed by atoms with Crippen molar-refractivity contribution in [2.45, 2.75) is 13.8 Å². The van der Waals surface area contributed by atoms with E-state index in [2.05, 4.69) is 25.9 Å². The number of aromatic nitrogens is 2. The number of carbonyl (C=O) groups excluding carboxylic acids is 1. The SMILES string of the molecule is CC(=O)Nc1cccc(Nc2cc(C)nc(Nc3ccccc3Cl)n2)c1. The van der Waals surface area contributed by atoms with Crippen molar-refractivity contribution in [3.05, 3.63) is 65.3 Å². The molecule has 1 heterocycles. The highest BCUT2D eigenvalue weighted by atomic mass is 35.5. The average molecular weight is 368 g/mol. The van der Waals surface area contributed by atoms with Crippen LogP contribution in [-0.4, -0.2) is 15.9 Å². The summed E-state index contributed by atoms with van der Waals surface area (Å²) in [6.45, 7) is 3.36. The third kappa shape index (κ3) is 4.70. The van der Waals surface area contributed by atoms with Crippen molar-refractivity contribution in [1.29, 1.82) is 0 Å². The van der Waals surface area contributed by atoms with Gasteiger partial charge in [0.2, 0.25) is 11.9 Å². The number of carbonyl (C=O) groups is 1. The van der Waals surface area contributed by atoms with Crippen LogP contribution < -0.4 is 16.0 Å². The average Bonchev–Trinajstić information content (AvgIpc) is 2.56. The van der Waals surface area contributed by atoms with Crippen LogP contribution in [0.5, 0.6) is 0 Å². The van der Waals surface area contributed by atoms with Gasteiger partial charge < -0.3 is 16.0 Å². The second-order valence-corrected chi connectivity index (χ2v) is 6.12. The van der Waals surface area contributed by atoms with E-state index in [4.69, 9.17) is 11.6 Å². The van der Waals surface area contributed by atoms with Crippen molar-refractivity contribution >= 4 is 46.3 Å². The zero-order valence-corrected chi connectivity index (χ0v) is 15.1. The lowest BCUT2D eigenvalue weighted by Crippen LogP contribution is -2.06. The molecule has 0 unspecified atom stereocenters. The third-order valence-corrected chi connectivity index (χ3v) is 3.76. The van der Waals surface area contributed by atoms with E-state index in [1.807, 2.05) is 55.5 Å². The molecule has 0 aliphatic carbocycles. The number of rotatable bonds is 5. The molecule has 0 atom stereocenters. The Morgan fingerprint density at radius 3 is 2.50 bits per heavy atom. The first-order valence-corrected chi connectivity index (χ1v) is 8.39. The van der Waals surface area contributed by atoms with E-state index < -0.39 is 0 Å². The van der Waals surface area contributed by atoms with Crippen LogP contribution in [0.15, 0.2) is 54.6 Å². The van der Waals surface area contributed by atoms with Gasteiger partial charge in [0.25, 0.3) is 0 Å². The number of nitrogens with zero attached hydrogens (tertiary/aromatic N) is 2. The number of hydrogen-bond donors (Lipinski definition) is 3. The summed E-state index contributed by atoms with van der Waals surface area (Å²) in [5.74, 6) is 0.955. The van der Waals surface area contributed by atoms with Gasteiger partial charge in [-0.3, -0.25) is 4.79 Å². The van der Waals surface area contributed by atoms with Crippen LogP contribution in [0, 0.1) is 6.92 Å². The van der Waals surface area contributed by atoms with Crippen LogP contribution in [0.2, 0.25) is 5.02 Å². The van der Waals surface area contributed by atoms with Crippen LogP contribution in [0.25, 0.3) is 0 Å². The highest BCUT2D eigenvalue weighted by molar-refractivity contribution is 6.33. The van der Waals surface area contributed by atoms with E-state index in [0.717, 1.165) is 17.1 Å². The molecule has 0 radical (unpaired) electrons. The molecule has 6 nitrogen and oxygen atoms in total. The zero-order valence-electron chi connectivity index (χ0n) is 14.4. The van der Waals surface area contributed by atoms with Crippen molar-refractivity contribution in [2.24, 2.45) is 0 Å². The number of para-hydroxylation sites is 1. The fraction of sp³-hybridized carbons (Fsp3) is 0.105. The molecule has 0 bridgehead atoms. The Kier molecular flexibility index (Phi) is 5.34. The van der Waals surface area contributed by atoms with Gasteiger partial charge >= 0.3 is 0 Å². The maximum atomic E-state index is 11.2. The Morgan fingerprint density at radius 1 is 0.962 bits per heavy atom. The largest absolute Gasteiger partial charge is 0.340 e. The molecule has 0 fully saturated rings. The third-order valence-electron chi connectivity index (χ3n) is 3.43. The van der Waals surface area contributed by atoms with Crippen LogP contribution in [0.4, 0.5) is 28.8 Å². The van der Waals surface area contributed by atoms with E-state index in [1.165, 1.54) is 6.92 Å². The minimum absolute atomic E-state index is 0.119. The number of hydrogen-bond acceptors (Lipinski definition) is 5. The highest BCUT2D eigenvalue weighted by Gasteiger charge is 2.06. The number of aryl methyl sites for hydroxylation is 1. The summed E-state index contributed by atoms with van der Waals surface area (Å²) in [5.41, 5.74) is 3.05. The van der Waals surface area contributed by atoms with Gasteiger partial charge in [0.15, 0.2) is 0 Å². The Bertz CT molecular complexity index is 945. The minimum Gasteiger partial charge on any atom is -0.340 e. The molecular weight excluding hydrogens is 350 g/mol. The van der Waals surface area contributed by atoms with Gasteiger partial charge in [-0.05, 0) is 37.3 Å². The van der Waals surface area contributed by atoms with Gasteiger partial charge in [0.1, 0.15) is 5.82 Å². The van der Waals surface area contributed by atoms with E-state index in [-0.39, 0.29) is 5.91 Å². The van der Waals surface area contributed by atoms with Crippen LogP contribution in [0.3, 0.4) is 0 Å². The molecule has 0 aliphatic rings. The van der Waals surface area contributed by atoms with Gasteiger partial charge in [0.05, 0.1) is 10.7 Å². The van der Waals surface area contributed by atoms with Crippen molar-refractivity contribution in [3.63, 3.8) is 0 Å². The fourth-order valence-corrected chi connectivity index (χ4v) is 2.58. The van der Waals surface area contributed by atoms with E-state index in [9.17, 15) is 4.79 Å². The quantitative estimate of drug-likeness (QED) is 0.598. The topological polar surface area (TPSA) is 78.9 Å². The highest BCUT2D eigenvalue weighted by Crippen LogP contribution is 2.25. The van der Waals surface area contributed by atoms with E-state index >= 15 is 0 Å².